The Labute approximate surface area is 146 Å². The molecule has 25 heavy (non-hydrogen) atoms. The van der Waals surface area contributed by atoms with E-state index in [0.717, 1.165) is 0 Å². The minimum Gasteiger partial charge on any atom is -0.296 e. The van der Waals surface area contributed by atoms with E-state index in [1.165, 1.54) is 18.2 Å². The van der Waals surface area contributed by atoms with Crippen LogP contribution < -0.4 is 15.6 Å². The molecular weight excluding hydrogens is 337 g/mol. The minimum atomic E-state index is -4.08. The Kier molecular flexibility index (Phi) is 4.64. The van der Waals surface area contributed by atoms with Gasteiger partial charge in [-0.15, -0.1) is 0 Å². The first-order valence-electron chi connectivity index (χ1n) is 7.91. The lowest BCUT2D eigenvalue weighted by atomic mass is 10.1. The molecule has 126 valence electrons. The van der Waals surface area contributed by atoms with Gasteiger partial charge in [0, 0.05) is 5.56 Å². The number of alkyl halides is 2. The van der Waals surface area contributed by atoms with Crippen LogP contribution >= 0.6 is 0 Å². The number of benzene rings is 3. The Balaban J connectivity index is 2.34. The predicted octanol–water partition coefficient (Wildman–Crippen LogP) is 3.90. The van der Waals surface area contributed by atoms with Crippen molar-refractivity contribution in [1.82, 2.24) is 0 Å². The van der Waals surface area contributed by atoms with Crippen LogP contribution in [0.1, 0.15) is 5.56 Å². The van der Waals surface area contributed by atoms with Crippen molar-refractivity contribution in [1.29, 1.82) is 0 Å². The summed E-state index contributed by atoms with van der Waals surface area (Å²) in [5, 5.41) is 0.930. The summed E-state index contributed by atoms with van der Waals surface area (Å²) in [5.41, 5.74) is -0.327. The second-order valence-electron chi connectivity index (χ2n) is 5.76. The summed E-state index contributed by atoms with van der Waals surface area (Å²) < 4.78 is 45.6. The van der Waals surface area contributed by atoms with Crippen molar-refractivity contribution in [2.75, 3.05) is 0 Å². The number of hydrogen-bond acceptors (Lipinski definition) is 0. The fraction of sp³-hybridized carbons (Fsp3) is 0.0476. The van der Waals surface area contributed by atoms with Gasteiger partial charge in [-0.05, 0) is 21.6 Å². The highest BCUT2D eigenvalue weighted by molar-refractivity contribution is 7.06. The Morgan fingerprint density at radius 1 is 0.720 bits per heavy atom. The Bertz CT molecular complexity index is 821. The lowest BCUT2D eigenvalue weighted by Crippen LogP contribution is -2.65. The molecule has 0 saturated heterocycles. The molecule has 0 aliphatic carbocycles. The third-order valence-electron chi connectivity index (χ3n) is 4.26. The van der Waals surface area contributed by atoms with Crippen molar-refractivity contribution >= 4 is 24.0 Å². The zero-order valence-electron chi connectivity index (χ0n) is 13.5. The standard InChI is InChI=1S/C21H17F3Si/c1-2-21(22,23)19-15-9-10-16-20(19)25(24,17-11-5-3-6-12-17)18-13-7-4-8-14-18/h2-16H,1H2. The van der Waals surface area contributed by atoms with Crippen LogP contribution in [0, 0.1) is 0 Å². The van der Waals surface area contributed by atoms with Crippen LogP contribution in [-0.4, -0.2) is 8.41 Å². The van der Waals surface area contributed by atoms with E-state index in [1.807, 2.05) is 0 Å². The predicted molar refractivity (Wildman–Crippen MR) is 99.2 cm³/mol. The van der Waals surface area contributed by atoms with Gasteiger partial charge in [0.2, 0.25) is 0 Å². The fourth-order valence-electron chi connectivity index (χ4n) is 3.00. The van der Waals surface area contributed by atoms with Crippen molar-refractivity contribution in [3.63, 3.8) is 0 Å². The van der Waals surface area contributed by atoms with E-state index in [0.29, 0.717) is 16.4 Å². The van der Waals surface area contributed by atoms with Crippen LogP contribution in [0.25, 0.3) is 0 Å². The van der Waals surface area contributed by atoms with Crippen molar-refractivity contribution in [3.8, 4) is 0 Å². The van der Waals surface area contributed by atoms with E-state index in [4.69, 9.17) is 0 Å². The number of hydrogen-bond donors (Lipinski definition) is 0. The SMILES string of the molecule is C=CC(F)(F)c1ccccc1[Si](F)(c1ccccc1)c1ccccc1. The van der Waals surface area contributed by atoms with Crippen LogP contribution in [-0.2, 0) is 5.92 Å². The maximum absolute atomic E-state index is 16.7. The van der Waals surface area contributed by atoms with Gasteiger partial charge < -0.3 is 0 Å². The van der Waals surface area contributed by atoms with Gasteiger partial charge in [0.15, 0.2) is 0 Å². The summed E-state index contributed by atoms with van der Waals surface area (Å²) in [6.45, 7) is 3.22. The van der Waals surface area contributed by atoms with Gasteiger partial charge in [-0.2, -0.15) is 8.78 Å². The molecule has 4 heteroatoms. The van der Waals surface area contributed by atoms with E-state index in [1.54, 1.807) is 66.7 Å². The molecule has 0 aliphatic heterocycles. The lowest BCUT2D eigenvalue weighted by molar-refractivity contribution is 0.0535. The summed E-state index contributed by atoms with van der Waals surface area (Å²) in [5.74, 6) is -3.30. The molecule has 0 heterocycles. The van der Waals surface area contributed by atoms with Crippen molar-refractivity contribution in [2.24, 2.45) is 0 Å². The van der Waals surface area contributed by atoms with Crippen LogP contribution in [0.4, 0.5) is 12.9 Å². The van der Waals surface area contributed by atoms with Gasteiger partial charge >= 0.3 is 8.41 Å². The van der Waals surface area contributed by atoms with Crippen molar-refractivity contribution in [2.45, 2.75) is 5.92 Å². The minimum absolute atomic E-state index is 0.0531. The molecule has 0 bridgehead atoms. The molecule has 0 aliphatic rings. The monoisotopic (exact) mass is 354 g/mol. The average Bonchev–Trinajstić information content (AvgIpc) is 2.68. The summed E-state index contributed by atoms with van der Waals surface area (Å²) in [6, 6.07) is 23.0. The first-order chi connectivity index (χ1) is 12.0. The molecule has 0 spiro atoms. The van der Waals surface area contributed by atoms with E-state index < -0.39 is 14.3 Å². The molecule has 0 aromatic heterocycles. The van der Waals surface area contributed by atoms with Crippen LogP contribution in [0.2, 0.25) is 0 Å². The van der Waals surface area contributed by atoms with Crippen LogP contribution in [0.3, 0.4) is 0 Å². The molecule has 0 N–H and O–H groups in total. The van der Waals surface area contributed by atoms with E-state index in [9.17, 15) is 8.78 Å². The van der Waals surface area contributed by atoms with Gasteiger partial charge in [0.1, 0.15) is 0 Å². The van der Waals surface area contributed by atoms with Gasteiger partial charge in [0.25, 0.3) is 5.92 Å². The molecule has 0 amide bonds. The molecule has 0 atom stereocenters. The summed E-state index contributed by atoms with van der Waals surface area (Å²) >= 11 is 0. The van der Waals surface area contributed by atoms with Gasteiger partial charge in [-0.1, -0.05) is 91.5 Å². The summed E-state index contributed by atoms with van der Waals surface area (Å²) in [6.07, 6.45) is 0.566. The topological polar surface area (TPSA) is 0 Å². The highest BCUT2D eigenvalue weighted by atomic mass is 28.4. The van der Waals surface area contributed by atoms with Crippen LogP contribution in [0.15, 0.2) is 97.6 Å². The number of halogens is 3. The molecule has 0 unspecified atom stereocenters. The van der Waals surface area contributed by atoms with Gasteiger partial charge in [-0.3, -0.25) is 4.11 Å². The molecule has 3 aromatic rings. The molecule has 0 fully saturated rings. The molecule has 0 saturated carbocycles. The zero-order chi connectivity index (χ0) is 17.9. The highest BCUT2D eigenvalue weighted by Crippen LogP contribution is 2.29. The maximum atomic E-state index is 16.7. The average molecular weight is 354 g/mol. The Morgan fingerprint density at radius 3 is 1.64 bits per heavy atom. The maximum Gasteiger partial charge on any atom is 0.339 e. The highest BCUT2D eigenvalue weighted by Gasteiger charge is 2.46. The lowest BCUT2D eigenvalue weighted by Gasteiger charge is -2.28. The Morgan fingerprint density at radius 2 is 1.16 bits per heavy atom. The molecule has 0 nitrogen and oxygen atoms in total. The molecule has 3 rings (SSSR count). The van der Waals surface area contributed by atoms with Crippen LogP contribution in [0.5, 0.6) is 0 Å². The van der Waals surface area contributed by atoms with Crippen molar-refractivity contribution in [3.05, 3.63) is 103 Å². The second-order valence-corrected chi connectivity index (χ2v) is 8.77. The van der Waals surface area contributed by atoms with E-state index in [2.05, 4.69) is 6.58 Å². The summed E-state index contributed by atoms with van der Waals surface area (Å²) in [7, 11) is -4.08. The van der Waals surface area contributed by atoms with Gasteiger partial charge in [0.05, 0.1) is 0 Å². The molecule has 0 radical (unpaired) electrons. The molecule has 3 aromatic carbocycles. The summed E-state index contributed by atoms with van der Waals surface area (Å²) in [4.78, 5) is 0. The van der Waals surface area contributed by atoms with E-state index >= 15 is 4.11 Å². The normalized spacial score (nSPS) is 12.0. The van der Waals surface area contributed by atoms with Gasteiger partial charge in [-0.25, -0.2) is 0 Å². The number of rotatable bonds is 5. The zero-order valence-corrected chi connectivity index (χ0v) is 14.5. The van der Waals surface area contributed by atoms with Crippen molar-refractivity contribution < 1.29 is 12.9 Å². The third-order valence-corrected chi connectivity index (χ3v) is 7.69. The second kappa shape index (κ2) is 6.73. The third kappa shape index (κ3) is 3.05. The first kappa shape index (κ1) is 17.2. The number of allylic oxidation sites excluding steroid dienone is 1. The van der Waals surface area contributed by atoms with E-state index in [-0.39, 0.29) is 10.8 Å². The smallest absolute Gasteiger partial charge is 0.296 e. The quantitative estimate of drug-likeness (QED) is 0.282. The fourth-order valence-corrected chi connectivity index (χ4v) is 6.20. The first-order valence-corrected chi connectivity index (χ1v) is 9.79. The Hall–Kier alpha value is -2.59. The largest absolute Gasteiger partial charge is 0.339 e. The molecular formula is C21H17F3Si.